The maximum Gasteiger partial charge on any atom is 0.239 e. The van der Waals surface area contributed by atoms with Gasteiger partial charge in [-0.1, -0.05) is 91.0 Å². The molecule has 34 heavy (non-hydrogen) atoms. The lowest BCUT2D eigenvalue weighted by Crippen LogP contribution is -2.11. The normalized spacial score (nSPS) is 10.8. The molecule has 0 atom stereocenters. The molecule has 0 saturated carbocycles. The van der Waals surface area contributed by atoms with Crippen LogP contribution in [0.15, 0.2) is 112 Å². The van der Waals surface area contributed by atoms with Crippen LogP contribution in [0.4, 0.5) is 0 Å². The highest BCUT2D eigenvalue weighted by Crippen LogP contribution is 2.36. The Labute approximate surface area is 196 Å². The van der Waals surface area contributed by atoms with Crippen molar-refractivity contribution in [3.63, 3.8) is 0 Å². The van der Waals surface area contributed by atoms with Crippen molar-refractivity contribution in [2.45, 2.75) is 13.2 Å². The number of benzene rings is 4. The SMILES string of the molecule is O=c1c(OCc2ccccc2)c(-c2ccccc2)oc2cc(O)cc(OCc3ccccc3)c12. The number of aromatic hydroxyl groups is 1. The Morgan fingerprint density at radius 2 is 1.26 bits per heavy atom. The molecule has 1 aromatic heterocycles. The Bertz CT molecular complexity index is 1460. The first-order valence-electron chi connectivity index (χ1n) is 10.9. The zero-order chi connectivity index (χ0) is 23.3. The van der Waals surface area contributed by atoms with Gasteiger partial charge >= 0.3 is 0 Å². The highest BCUT2D eigenvalue weighted by Gasteiger charge is 2.21. The van der Waals surface area contributed by atoms with E-state index < -0.39 is 0 Å². The van der Waals surface area contributed by atoms with E-state index in [-0.39, 0.29) is 46.9 Å². The Hall–Kier alpha value is -4.51. The summed E-state index contributed by atoms with van der Waals surface area (Å²) in [4.78, 5) is 13.7. The summed E-state index contributed by atoms with van der Waals surface area (Å²) in [6.45, 7) is 0.439. The van der Waals surface area contributed by atoms with Crippen LogP contribution in [0.5, 0.6) is 17.2 Å². The molecule has 0 amide bonds. The van der Waals surface area contributed by atoms with Crippen LogP contribution < -0.4 is 14.9 Å². The van der Waals surface area contributed by atoms with Crippen LogP contribution >= 0.6 is 0 Å². The first-order chi connectivity index (χ1) is 16.7. The van der Waals surface area contributed by atoms with Crippen molar-refractivity contribution in [2.24, 2.45) is 0 Å². The molecule has 0 aliphatic carbocycles. The van der Waals surface area contributed by atoms with E-state index in [0.717, 1.165) is 11.1 Å². The second-order valence-corrected chi connectivity index (χ2v) is 7.82. The Kier molecular flexibility index (Phi) is 5.99. The third-order valence-corrected chi connectivity index (χ3v) is 5.40. The van der Waals surface area contributed by atoms with Crippen LogP contribution in [0.3, 0.4) is 0 Å². The van der Waals surface area contributed by atoms with Gasteiger partial charge in [-0.2, -0.15) is 0 Å². The van der Waals surface area contributed by atoms with E-state index in [0.29, 0.717) is 11.3 Å². The number of ether oxygens (including phenoxy) is 2. The molecule has 0 aliphatic heterocycles. The van der Waals surface area contributed by atoms with Crippen molar-refractivity contribution in [2.75, 3.05) is 0 Å². The number of hydrogen-bond acceptors (Lipinski definition) is 5. The molecule has 5 rings (SSSR count). The smallest absolute Gasteiger partial charge is 0.239 e. The van der Waals surface area contributed by atoms with Crippen LogP contribution in [0.1, 0.15) is 11.1 Å². The van der Waals surface area contributed by atoms with Gasteiger partial charge in [-0.05, 0) is 11.1 Å². The summed E-state index contributed by atoms with van der Waals surface area (Å²) in [5.41, 5.74) is 2.41. The molecule has 1 N–H and O–H groups in total. The van der Waals surface area contributed by atoms with Gasteiger partial charge in [-0.3, -0.25) is 4.79 Å². The highest BCUT2D eigenvalue weighted by molar-refractivity contribution is 5.88. The van der Waals surface area contributed by atoms with Crippen LogP contribution in [0, 0.1) is 0 Å². The molecule has 5 heteroatoms. The predicted molar refractivity (Wildman–Crippen MR) is 131 cm³/mol. The topological polar surface area (TPSA) is 68.9 Å². The summed E-state index contributed by atoms with van der Waals surface area (Å²) in [7, 11) is 0. The lowest BCUT2D eigenvalue weighted by Gasteiger charge is -2.14. The zero-order valence-electron chi connectivity index (χ0n) is 18.3. The minimum absolute atomic E-state index is 0.0596. The molecule has 5 aromatic rings. The van der Waals surface area contributed by atoms with Gasteiger partial charge in [0.1, 0.15) is 35.7 Å². The molecule has 0 spiro atoms. The number of hydrogen-bond donors (Lipinski definition) is 1. The maximum atomic E-state index is 13.7. The molecule has 0 radical (unpaired) electrons. The van der Waals surface area contributed by atoms with Crippen molar-refractivity contribution in [1.82, 2.24) is 0 Å². The van der Waals surface area contributed by atoms with Crippen molar-refractivity contribution < 1.29 is 19.0 Å². The molecular weight excluding hydrogens is 428 g/mol. The number of rotatable bonds is 7. The van der Waals surface area contributed by atoms with Crippen LogP contribution in [0.25, 0.3) is 22.3 Å². The number of phenols is 1. The standard InChI is InChI=1S/C29H22O5/c30-23-16-24(32-18-20-10-4-1-5-11-20)26-25(17-23)34-28(22-14-8-3-9-15-22)29(27(26)31)33-19-21-12-6-2-7-13-21/h1-17,30H,18-19H2. The molecule has 4 aromatic carbocycles. The van der Waals surface area contributed by atoms with E-state index >= 15 is 0 Å². The summed E-state index contributed by atoms with van der Waals surface area (Å²) < 4.78 is 18.2. The average molecular weight is 450 g/mol. The lowest BCUT2D eigenvalue weighted by molar-refractivity contribution is 0.295. The van der Waals surface area contributed by atoms with Gasteiger partial charge in [0.2, 0.25) is 11.2 Å². The zero-order valence-corrected chi connectivity index (χ0v) is 18.3. The van der Waals surface area contributed by atoms with E-state index in [2.05, 4.69) is 0 Å². The van der Waals surface area contributed by atoms with Crippen LogP contribution in [-0.2, 0) is 13.2 Å². The first-order valence-corrected chi connectivity index (χ1v) is 10.9. The number of fused-ring (bicyclic) bond motifs is 1. The second-order valence-electron chi connectivity index (χ2n) is 7.82. The number of phenolic OH excluding ortho intramolecular Hbond substituents is 1. The van der Waals surface area contributed by atoms with Gasteiger partial charge in [-0.25, -0.2) is 0 Å². The molecule has 168 valence electrons. The predicted octanol–water partition coefficient (Wildman–Crippen LogP) is 6.32. The van der Waals surface area contributed by atoms with Crippen molar-refractivity contribution in [1.29, 1.82) is 0 Å². The Balaban J connectivity index is 1.63. The third kappa shape index (κ3) is 4.50. The summed E-state index contributed by atoms with van der Waals surface area (Å²) >= 11 is 0. The molecule has 0 unspecified atom stereocenters. The molecule has 5 nitrogen and oxygen atoms in total. The van der Waals surface area contributed by atoms with Crippen molar-refractivity contribution >= 4 is 11.0 Å². The Morgan fingerprint density at radius 3 is 1.88 bits per heavy atom. The molecular formula is C29H22O5. The molecule has 0 saturated heterocycles. The third-order valence-electron chi connectivity index (χ3n) is 5.40. The molecule has 1 heterocycles. The average Bonchev–Trinajstić information content (AvgIpc) is 2.88. The monoisotopic (exact) mass is 450 g/mol. The van der Waals surface area contributed by atoms with Gasteiger partial charge in [0, 0.05) is 17.7 Å². The first kappa shape index (κ1) is 21.3. The minimum atomic E-state index is -0.362. The van der Waals surface area contributed by atoms with Gasteiger partial charge in [-0.15, -0.1) is 0 Å². The van der Waals surface area contributed by atoms with Crippen molar-refractivity contribution in [3.8, 4) is 28.6 Å². The lowest BCUT2D eigenvalue weighted by atomic mass is 10.1. The van der Waals surface area contributed by atoms with Gasteiger partial charge < -0.3 is 19.0 Å². The van der Waals surface area contributed by atoms with Crippen LogP contribution in [-0.4, -0.2) is 5.11 Å². The molecule has 0 aliphatic rings. The molecule has 0 bridgehead atoms. The van der Waals surface area contributed by atoms with Gasteiger partial charge in [0.05, 0.1) is 0 Å². The van der Waals surface area contributed by atoms with E-state index in [9.17, 15) is 9.90 Å². The minimum Gasteiger partial charge on any atom is -0.508 e. The maximum absolute atomic E-state index is 13.7. The fourth-order valence-corrected chi connectivity index (χ4v) is 3.74. The highest BCUT2D eigenvalue weighted by atomic mass is 16.5. The summed E-state index contributed by atoms with van der Waals surface area (Å²) in [5.74, 6) is 0.568. The van der Waals surface area contributed by atoms with E-state index in [4.69, 9.17) is 13.9 Å². The fraction of sp³-hybridized carbons (Fsp3) is 0.0690. The quantitative estimate of drug-likeness (QED) is 0.314. The summed E-state index contributed by atoms with van der Waals surface area (Å²) in [5, 5.41) is 10.5. The van der Waals surface area contributed by atoms with E-state index in [1.165, 1.54) is 12.1 Å². The summed E-state index contributed by atoms with van der Waals surface area (Å²) in [6, 6.07) is 31.3. The van der Waals surface area contributed by atoms with Crippen LogP contribution in [0.2, 0.25) is 0 Å². The van der Waals surface area contributed by atoms with Crippen molar-refractivity contribution in [3.05, 3.63) is 124 Å². The Morgan fingerprint density at radius 1 is 0.706 bits per heavy atom. The molecule has 0 fully saturated rings. The van der Waals surface area contributed by atoms with Gasteiger partial charge in [0.25, 0.3) is 0 Å². The van der Waals surface area contributed by atoms with E-state index in [1.807, 2.05) is 91.0 Å². The van der Waals surface area contributed by atoms with E-state index in [1.54, 1.807) is 0 Å². The van der Waals surface area contributed by atoms with Gasteiger partial charge in [0.15, 0.2) is 5.76 Å². The summed E-state index contributed by atoms with van der Waals surface area (Å²) in [6.07, 6.45) is 0. The second kappa shape index (κ2) is 9.55. The largest absolute Gasteiger partial charge is 0.508 e. The fourth-order valence-electron chi connectivity index (χ4n) is 3.74.